The van der Waals surface area contributed by atoms with Crippen molar-refractivity contribution in [3.8, 4) is 11.5 Å². The Balaban J connectivity index is 2.15. The van der Waals surface area contributed by atoms with Gasteiger partial charge in [0.2, 0.25) is 0 Å². The van der Waals surface area contributed by atoms with Gasteiger partial charge in [-0.3, -0.25) is 0 Å². The van der Waals surface area contributed by atoms with Gasteiger partial charge in [0.05, 0.1) is 7.11 Å². The number of fused-ring (bicyclic) bond motifs is 1. The van der Waals surface area contributed by atoms with Crippen LogP contribution in [0, 0.1) is 0 Å². The van der Waals surface area contributed by atoms with Crippen LogP contribution in [0.2, 0.25) is 0 Å². The van der Waals surface area contributed by atoms with Gasteiger partial charge in [0, 0.05) is 23.5 Å². The zero-order valence-electron chi connectivity index (χ0n) is 9.43. The highest BCUT2D eigenvalue weighted by Crippen LogP contribution is 2.39. The summed E-state index contributed by atoms with van der Waals surface area (Å²) in [5, 5.41) is 0. The average molecular weight is 228 g/mol. The monoisotopic (exact) mass is 228 g/mol. The van der Waals surface area contributed by atoms with Crippen LogP contribution in [0.4, 0.5) is 0 Å². The average Bonchev–Trinajstić information content (AvgIpc) is 2.91. The van der Waals surface area contributed by atoms with E-state index in [1.54, 1.807) is 13.3 Å². The minimum atomic E-state index is 0.531. The fourth-order valence-electron chi connectivity index (χ4n) is 1.99. The zero-order valence-corrected chi connectivity index (χ0v) is 9.43. The molecule has 0 fully saturated rings. The molecule has 0 atom stereocenters. The maximum absolute atomic E-state index is 5.63. The fourth-order valence-corrected chi connectivity index (χ4v) is 1.99. The molecular weight excluding hydrogens is 216 g/mol. The van der Waals surface area contributed by atoms with Crippen LogP contribution in [-0.4, -0.2) is 23.7 Å². The molecule has 0 amide bonds. The van der Waals surface area contributed by atoms with Gasteiger partial charge in [-0.2, -0.15) is 0 Å². The van der Waals surface area contributed by atoms with Crippen molar-refractivity contribution in [1.29, 1.82) is 0 Å². The number of imidazole rings is 1. The lowest BCUT2D eigenvalue weighted by Gasteiger charge is -2.19. The molecule has 0 bridgehead atoms. The van der Waals surface area contributed by atoms with E-state index >= 15 is 0 Å². The third-order valence-electron chi connectivity index (χ3n) is 2.76. The maximum atomic E-state index is 5.63. The third kappa shape index (κ3) is 1.58. The first-order valence-corrected chi connectivity index (χ1v) is 5.40. The van der Waals surface area contributed by atoms with Gasteiger partial charge in [-0.15, -0.1) is 0 Å². The van der Waals surface area contributed by atoms with Crippen LogP contribution in [-0.2, 0) is 0 Å². The lowest BCUT2D eigenvalue weighted by atomic mass is 10.0. The molecule has 1 aromatic carbocycles. The molecule has 4 heteroatoms. The molecule has 0 saturated heterocycles. The number of nitrogens with one attached hydrogen (secondary N) is 1. The van der Waals surface area contributed by atoms with Crippen LogP contribution >= 0.6 is 0 Å². The Morgan fingerprint density at radius 2 is 2.35 bits per heavy atom. The molecule has 17 heavy (non-hydrogen) atoms. The number of aromatic amines is 1. The first kappa shape index (κ1) is 9.96. The summed E-state index contributed by atoms with van der Waals surface area (Å²) in [5.41, 5.74) is 2.06. The van der Waals surface area contributed by atoms with Crippen LogP contribution in [0.15, 0.2) is 36.7 Å². The highest BCUT2D eigenvalue weighted by Gasteiger charge is 2.19. The van der Waals surface area contributed by atoms with Crippen LogP contribution in [0.5, 0.6) is 11.5 Å². The van der Waals surface area contributed by atoms with E-state index in [0.717, 1.165) is 28.5 Å². The standard InChI is InChI=1S/C13H12N2O2/c1-16-11-4-2-3-9-10(5-8-17-12(9)11)13-14-6-7-15-13/h2-7H,8H2,1H3,(H,14,15). The third-order valence-corrected chi connectivity index (χ3v) is 2.76. The highest BCUT2D eigenvalue weighted by atomic mass is 16.5. The minimum absolute atomic E-state index is 0.531. The number of para-hydroxylation sites is 1. The summed E-state index contributed by atoms with van der Waals surface area (Å²) in [5.74, 6) is 2.38. The van der Waals surface area contributed by atoms with Gasteiger partial charge >= 0.3 is 0 Å². The van der Waals surface area contributed by atoms with E-state index in [9.17, 15) is 0 Å². The molecule has 2 heterocycles. The first-order chi connectivity index (χ1) is 8.40. The quantitative estimate of drug-likeness (QED) is 0.857. The Bertz CT molecular complexity index is 559. The largest absolute Gasteiger partial charge is 0.493 e. The minimum Gasteiger partial charge on any atom is -0.493 e. The fraction of sp³-hybridized carbons (Fsp3) is 0.154. The number of rotatable bonds is 2. The normalized spacial score (nSPS) is 13.6. The molecule has 0 radical (unpaired) electrons. The summed E-state index contributed by atoms with van der Waals surface area (Å²) in [6.07, 6.45) is 5.57. The van der Waals surface area contributed by atoms with Crippen LogP contribution in [0.1, 0.15) is 11.4 Å². The smallest absolute Gasteiger partial charge is 0.169 e. The molecule has 1 aliphatic heterocycles. The van der Waals surface area contributed by atoms with E-state index in [-0.39, 0.29) is 0 Å². The van der Waals surface area contributed by atoms with Gasteiger partial charge in [-0.1, -0.05) is 12.1 Å². The summed E-state index contributed by atoms with van der Waals surface area (Å²) in [4.78, 5) is 7.38. The number of H-pyrrole nitrogens is 1. The second kappa shape index (κ2) is 3.97. The molecule has 0 spiro atoms. The van der Waals surface area contributed by atoms with E-state index in [2.05, 4.69) is 9.97 Å². The Labute approximate surface area is 98.9 Å². The topological polar surface area (TPSA) is 47.1 Å². The molecule has 0 saturated carbocycles. The van der Waals surface area contributed by atoms with Crippen molar-refractivity contribution in [1.82, 2.24) is 9.97 Å². The van der Waals surface area contributed by atoms with Gasteiger partial charge < -0.3 is 14.5 Å². The number of benzene rings is 1. The van der Waals surface area contributed by atoms with Crippen molar-refractivity contribution >= 4 is 5.57 Å². The van der Waals surface area contributed by atoms with Crippen molar-refractivity contribution in [2.45, 2.75) is 0 Å². The van der Waals surface area contributed by atoms with Crippen LogP contribution in [0.3, 0.4) is 0 Å². The molecule has 1 N–H and O–H groups in total. The Morgan fingerprint density at radius 3 is 3.12 bits per heavy atom. The Kier molecular flexibility index (Phi) is 2.33. The molecule has 1 aliphatic rings. The van der Waals surface area contributed by atoms with E-state index < -0.39 is 0 Å². The molecule has 2 aromatic rings. The van der Waals surface area contributed by atoms with Crippen molar-refractivity contribution in [3.05, 3.63) is 48.1 Å². The molecule has 3 rings (SSSR count). The van der Waals surface area contributed by atoms with E-state index in [0.29, 0.717) is 6.61 Å². The predicted octanol–water partition coefficient (Wildman–Crippen LogP) is 2.24. The molecule has 86 valence electrons. The number of aromatic nitrogens is 2. The van der Waals surface area contributed by atoms with E-state index in [4.69, 9.17) is 9.47 Å². The predicted molar refractivity (Wildman–Crippen MR) is 64.2 cm³/mol. The SMILES string of the molecule is COc1cccc2c1OCC=C2c1ncc[nH]1. The summed E-state index contributed by atoms with van der Waals surface area (Å²) >= 11 is 0. The number of hydrogen-bond acceptors (Lipinski definition) is 3. The van der Waals surface area contributed by atoms with Crippen molar-refractivity contribution < 1.29 is 9.47 Å². The molecule has 4 nitrogen and oxygen atoms in total. The lowest BCUT2D eigenvalue weighted by Crippen LogP contribution is -2.07. The van der Waals surface area contributed by atoms with Crippen LogP contribution < -0.4 is 9.47 Å². The highest BCUT2D eigenvalue weighted by molar-refractivity contribution is 5.82. The number of methoxy groups -OCH3 is 1. The Morgan fingerprint density at radius 1 is 1.41 bits per heavy atom. The van der Waals surface area contributed by atoms with Crippen molar-refractivity contribution in [2.24, 2.45) is 0 Å². The number of hydrogen-bond donors (Lipinski definition) is 1. The van der Waals surface area contributed by atoms with Crippen molar-refractivity contribution in [2.75, 3.05) is 13.7 Å². The van der Waals surface area contributed by atoms with Gasteiger partial charge in [-0.25, -0.2) is 4.98 Å². The van der Waals surface area contributed by atoms with E-state index in [1.165, 1.54) is 0 Å². The summed E-state index contributed by atoms with van der Waals surface area (Å²) < 4.78 is 10.9. The Hall–Kier alpha value is -2.23. The van der Waals surface area contributed by atoms with Crippen LogP contribution in [0.25, 0.3) is 5.57 Å². The van der Waals surface area contributed by atoms with Crippen molar-refractivity contribution in [3.63, 3.8) is 0 Å². The first-order valence-electron chi connectivity index (χ1n) is 5.40. The van der Waals surface area contributed by atoms with Gasteiger partial charge in [0.1, 0.15) is 12.4 Å². The molecule has 0 aliphatic carbocycles. The van der Waals surface area contributed by atoms with Gasteiger partial charge in [0.25, 0.3) is 0 Å². The number of ether oxygens (including phenoxy) is 2. The second-order valence-electron chi connectivity index (χ2n) is 3.70. The zero-order chi connectivity index (χ0) is 11.7. The second-order valence-corrected chi connectivity index (χ2v) is 3.70. The lowest BCUT2D eigenvalue weighted by molar-refractivity contribution is 0.322. The van der Waals surface area contributed by atoms with Gasteiger partial charge in [-0.05, 0) is 12.1 Å². The summed E-state index contributed by atoms with van der Waals surface area (Å²) in [6.45, 7) is 0.531. The molecule has 1 aromatic heterocycles. The summed E-state index contributed by atoms with van der Waals surface area (Å²) in [6, 6.07) is 5.85. The molecular formula is C13H12N2O2. The number of nitrogens with zero attached hydrogens (tertiary/aromatic N) is 1. The van der Waals surface area contributed by atoms with Gasteiger partial charge in [0.15, 0.2) is 11.5 Å². The molecule has 0 unspecified atom stereocenters. The maximum Gasteiger partial charge on any atom is 0.169 e. The summed E-state index contributed by atoms with van der Waals surface area (Å²) in [7, 11) is 1.64. The van der Waals surface area contributed by atoms with E-state index in [1.807, 2.05) is 30.5 Å².